The zero-order valence-electron chi connectivity index (χ0n) is 16.4. The lowest BCUT2D eigenvalue weighted by atomic mass is 10.1. The maximum Gasteiger partial charge on any atom is 0.193 e. The van der Waals surface area contributed by atoms with Crippen LogP contribution in [0.4, 0.5) is 0 Å². The molecule has 5 nitrogen and oxygen atoms in total. The fourth-order valence-electron chi connectivity index (χ4n) is 3.63. The first-order chi connectivity index (χ1) is 12.8. The molecule has 2 fully saturated rings. The molecule has 0 atom stereocenters. The SMILES string of the molecule is CCNC(=NCCN(CC)C1CC1)N1CCC(Oc2ccccc2)CC1. The number of aliphatic imine (C=N–C) groups is 1. The van der Waals surface area contributed by atoms with Crippen LogP contribution >= 0.6 is 0 Å². The minimum absolute atomic E-state index is 0.307. The van der Waals surface area contributed by atoms with E-state index in [0.29, 0.717) is 6.10 Å². The molecule has 2 aliphatic rings. The molecule has 26 heavy (non-hydrogen) atoms. The van der Waals surface area contributed by atoms with Gasteiger partial charge in [0, 0.05) is 45.1 Å². The fraction of sp³-hybridized carbons (Fsp3) is 0.667. The summed E-state index contributed by atoms with van der Waals surface area (Å²) in [5.41, 5.74) is 0. The molecular formula is C21H34N4O. The molecule has 1 saturated carbocycles. The van der Waals surface area contributed by atoms with Gasteiger partial charge >= 0.3 is 0 Å². The number of rotatable bonds is 8. The van der Waals surface area contributed by atoms with E-state index in [1.54, 1.807) is 0 Å². The van der Waals surface area contributed by atoms with Crippen LogP contribution in [-0.4, -0.2) is 67.2 Å². The summed E-state index contributed by atoms with van der Waals surface area (Å²) in [6, 6.07) is 11.0. The normalized spacial score (nSPS) is 19.0. The molecule has 3 rings (SSSR count). The van der Waals surface area contributed by atoms with Crippen LogP contribution in [0.5, 0.6) is 5.75 Å². The summed E-state index contributed by atoms with van der Waals surface area (Å²) in [7, 11) is 0. The van der Waals surface area contributed by atoms with Gasteiger partial charge in [-0.3, -0.25) is 9.89 Å². The molecule has 144 valence electrons. The van der Waals surface area contributed by atoms with Gasteiger partial charge in [0.1, 0.15) is 11.9 Å². The van der Waals surface area contributed by atoms with Gasteiger partial charge in [-0.2, -0.15) is 0 Å². The second-order valence-corrected chi connectivity index (χ2v) is 7.21. The molecule has 1 heterocycles. The Bertz CT molecular complexity index is 550. The van der Waals surface area contributed by atoms with Crippen molar-refractivity contribution in [2.75, 3.05) is 39.3 Å². The van der Waals surface area contributed by atoms with Crippen LogP contribution in [0.1, 0.15) is 39.5 Å². The van der Waals surface area contributed by atoms with E-state index in [0.717, 1.165) is 69.9 Å². The quantitative estimate of drug-likeness (QED) is 0.573. The van der Waals surface area contributed by atoms with Crippen LogP contribution in [0, 0.1) is 0 Å². The maximum absolute atomic E-state index is 6.11. The van der Waals surface area contributed by atoms with Gasteiger partial charge < -0.3 is 15.0 Å². The first-order valence-electron chi connectivity index (χ1n) is 10.3. The smallest absolute Gasteiger partial charge is 0.193 e. The Kier molecular flexibility index (Phi) is 7.18. The Morgan fingerprint density at radius 1 is 1.15 bits per heavy atom. The number of benzene rings is 1. The van der Waals surface area contributed by atoms with Crippen molar-refractivity contribution in [1.82, 2.24) is 15.1 Å². The Balaban J connectivity index is 1.46. The highest BCUT2D eigenvalue weighted by atomic mass is 16.5. The van der Waals surface area contributed by atoms with Crippen molar-refractivity contribution in [3.63, 3.8) is 0 Å². The van der Waals surface area contributed by atoms with Gasteiger partial charge in [-0.1, -0.05) is 25.1 Å². The van der Waals surface area contributed by atoms with Gasteiger partial charge in [0.05, 0.1) is 6.54 Å². The Labute approximate surface area is 158 Å². The number of piperidine rings is 1. The van der Waals surface area contributed by atoms with E-state index < -0.39 is 0 Å². The highest BCUT2D eigenvalue weighted by Gasteiger charge is 2.27. The van der Waals surface area contributed by atoms with Gasteiger partial charge in [-0.25, -0.2) is 0 Å². The fourth-order valence-corrected chi connectivity index (χ4v) is 3.63. The molecule has 5 heteroatoms. The minimum atomic E-state index is 0.307. The molecule has 0 aromatic heterocycles. The van der Waals surface area contributed by atoms with E-state index in [2.05, 4.69) is 29.0 Å². The van der Waals surface area contributed by atoms with E-state index in [1.807, 2.05) is 30.3 Å². The summed E-state index contributed by atoms with van der Waals surface area (Å²) in [6.45, 7) is 10.4. The predicted octanol–water partition coefficient (Wildman–Crippen LogP) is 2.98. The number of ether oxygens (including phenoxy) is 1. The largest absolute Gasteiger partial charge is 0.490 e. The summed E-state index contributed by atoms with van der Waals surface area (Å²) < 4.78 is 6.11. The van der Waals surface area contributed by atoms with Gasteiger partial charge in [0.2, 0.25) is 0 Å². The molecule has 0 spiro atoms. The van der Waals surface area contributed by atoms with E-state index in [1.165, 1.54) is 12.8 Å². The maximum atomic E-state index is 6.11. The van der Waals surface area contributed by atoms with Gasteiger partial charge in [-0.15, -0.1) is 0 Å². The monoisotopic (exact) mass is 358 g/mol. The topological polar surface area (TPSA) is 40.1 Å². The number of guanidine groups is 1. The first-order valence-corrected chi connectivity index (χ1v) is 10.3. The second kappa shape index (κ2) is 9.81. The zero-order valence-corrected chi connectivity index (χ0v) is 16.4. The first kappa shape index (κ1) is 19.0. The van der Waals surface area contributed by atoms with Crippen LogP contribution in [-0.2, 0) is 0 Å². The highest BCUT2D eigenvalue weighted by molar-refractivity contribution is 5.80. The summed E-state index contributed by atoms with van der Waals surface area (Å²) in [5, 5.41) is 3.47. The summed E-state index contributed by atoms with van der Waals surface area (Å²) in [6.07, 6.45) is 5.13. The number of likely N-dealkylation sites (tertiary alicyclic amines) is 1. The zero-order chi connectivity index (χ0) is 18.2. The molecule has 0 unspecified atom stereocenters. The van der Waals surface area contributed by atoms with Crippen molar-refractivity contribution in [3.8, 4) is 5.75 Å². The molecule has 1 N–H and O–H groups in total. The molecule has 1 aliphatic heterocycles. The van der Waals surface area contributed by atoms with E-state index in [4.69, 9.17) is 9.73 Å². The Morgan fingerprint density at radius 2 is 1.88 bits per heavy atom. The molecule has 1 aromatic carbocycles. The number of para-hydroxylation sites is 1. The van der Waals surface area contributed by atoms with Crippen molar-refractivity contribution in [1.29, 1.82) is 0 Å². The average molecular weight is 359 g/mol. The van der Waals surface area contributed by atoms with Crippen LogP contribution in [0.2, 0.25) is 0 Å². The molecule has 1 aliphatic carbocycles. The van der Waals surface area contributed by atoms with E-state index in [-0.39, 0.29) is 0 Å². The lowest BCUT2D eigenvalue weighted by molar-refractivity contribution is 0.129. The lowest BCUT2D eigenvalue weighted by Gasteiger charge is -2.34. The van der Waals surface area contributed by atoms with Crippen molar-refractivity contribution >= 4 is 5.96 Å². The minimum Gasteiger partial charge on any atom is -0.490 e. The van der Waals surface area contributed by atoms with Crippen LogP contribution in [0.25, 0.3) is 0 Å². The van der Waals surface area contributed by atoms with Crippen molar-refractivity contribution in [2.45, 2.75) is 51.7 Å². The molecule has 0 bridgehead atoms. The summed E-state index contributed by atoms with van der Waals surface area (Å²) >= 11 is 0. The molecule has 1 saturated heterocycles. The standard InChI is InChI=1S/C21H34N4O/c1-3-22-21(23-14-17-24(4-2)18-10-11-18)25-15-12-20(13-16-25)26-19-8-6-5-7-9-19/h5-9,18,20H,3-4,10-17H2,1-2H3,(H,22,23). The third kappa shape index (κ3) is 5.63. The molecule has 0 radical (unpaired) electrons. The summed E-state index contributed by atoms with van der Waals surface area (Å²) in [5.74, 6) is 2.05. The molecule has 1 aromatic rings. The molecule has 0 amide bonds. The van der Waals surface area contributed by atoms with Crippen molar-refractivity contribution in [3.05, 3.63) is 30.3 Å². The van der Waals surface area contributed by atoms with Gasteiger partial charge in [0.15, 0.2) is 5.96 Å². The van der Waals surface area contributed by atoms with Crippen LogP contribution < -0.4 is 10.1 Å². The highest BCUT2D eigenvalue weighted by Crippen LogP contribution is 2.26. The molecular weight excluding hydrogens is 324 g/mol. The van der Waals surface area contributed by atoms with Crippen molar-refractivity contribution in [2.24, 2.45) is 4.99 Å². The number of nitrogens with one attached hydrogen (secondary N) is 1. The Morgan fingerprint density at radius 3 is 2.50 bits per heavy atom. The lowest BCUT2D eigenvalue weighted by Crippen LogP contribution is -2.47. The third-order valence-electron chi connectivity index (χ3n) is 5.24. The number of hydrogen-bond acceptors (Lipinski definition) is 3. The predicted molar refractivity (Wildman–Crippen MR) is 108 cm³/mol. The number of hydrogen-bond donors (Lipinski definition) is 1. The Hall–Kier alpha value is -1.75. The van der Waals surface area contributed by atoms with E-state index >= 15 is 0 Å². The van der Waals surface area contributed by atoms with Gasteiger partial charge in [0.25, 0.3) is 0 Å². The second-order valence-electron chi connectivity index (χ2n) is 7.21. The summed E-state index contributed by atoms with van der Waals surface area (Å²) in [4.78, 5) is 9.85. The van der Waals surface area contributed by atoms with Crippen LogP contribution in [0.3, 0.4) is 0 Å². The van der Waals surface area contributed by atoms with Crippen LogP contribution in [0.15, 0.2) is 35.3 Å². The van der Waals surface area contributed by atoms with Crippen molar-refractivity contribution < 1.29 is 4.74 Å². The number of likely N-dealkylation sites (N-methyl/N-ethyl adjacent to an activating group) is 1. The number of nitrogens with zero attached hydrogens (tertiary/aromatic N) is 3. The average Bonchev–Trinajstić information content (AvgIpc) is 3.51. The van der Waals surface area contributed by atoms with Gasteiger partial charge in [-0.05, 0) is 38.4 Å². The van der Waals surface area contributed by atoms with E-state index in [9.17, 15) is 0 Å². The third-order valence-corrected chi connectivity index (χ3v) is 5.24.